The van der Waals surface area contributed by atoms with Crippen LogP contribution in [0.4, 0.5) is 0 Å². The van der Waals surface area contributed by atoms with Crippen LogP contribution < -0.4 is 14.8 Å². The van der Waals surface area contributed by atoms with Crippen LogP contribution in [0, 0.1) is 0 Å². The fourth-order valence-corrected chi connectivity index (χ4v) is 3.63. The molecule has 0 aromatic heterocycles. The first-order valence-electron chi connectivity index (χ1n) is 11.2. The molecule has 1 aliphatic rings. The van der Waals surface area contributed by atoms with Crippen molar-refractivity contribution in [2.45, 2.75) is 32.9 Å². The van der Waals surface area contributed by atoms with Gasteiger partial charge in [-0.25, -0.2) is 4.99 Å². The fourth-order valence-electron chi connectivity index (χ4n) is 3.63. The van der Waals surface area contributed by atoms with Gasteiger partial charge in [0.25, 0.3) is 0 Å². The van der Waals surface area contributed by atoms with E-state index < -0.39 is 0 Å². The molecule has 2 aromatic rings. The number of benzene rings is 2. The van der Waals surface area contributed by atoms with E-state index >= 15 is 0 Å². The largest absolute Gasteiger partial charge is 0.497 e. The quantitative estimate of drug-likeness (QED) is 0.455. The molecule has 1 amide bonds. The van der Waals surface area contributed by atoms with Crippen molar-refractivity contribution in [3.8, 4) is 11.5 Å². The van der Waals surface area contributed by atoms with Gasteiger partial charge in [0.1, 0.15) is 18.1 Å². The molecule has 0 unspecified atom stereocenters. The molecule has 0 spiro atoms. The van der Waals surface area contributed by atoms with Gasteiger partial charge in [-0.3, -0.25) is 4.79 Å². The third-order valence-corrected chi connectivity index (χ3v) is 5.40. The number of nitrogens with zero attached hydrogens (tertiary/aromatic N) is 3. The zero-order valence-corrected chi connectivity index (χ0v) is 19.3. The van der Waals surface area contributed by atoms with Crippen LogP contribution in [0.25, 0.3) is 0 Å². The first kappa shape index (κ1) is 23.4. The smallest absolute Gasteiger partial charge is 0.222 e. The van der Waals surface area contributed by atoms with Crippen molar-refractivity contribution in [3.05, 3.63) is 59.7 Å². The van der Waals surface area contributed by atoms with Gasteiger partial charge >= 0.3 is 0 Å². The van der Waals surface area contributed by atoms with E-state index in [0.29, 0.717) is 32.7 Å². The van der Waals surface area contributed by atoms with Gasteiger partial charge in [0.2, 0.25) is 5.91 Å². The summed E-state index contributed by atoms with van der Waals surface area (Å²) in [7, 11) is 3.66. The third-order valence-electron chi connectivity index (χ3n) is 5.40. The van der Waals surface area contributed by atoms with Crippen LogP contribution in [0.3, 0.4) is 0 Å². The van der Waals surface area contributed by atoms with Gasteiger partial charge in [-0.2, -0.15) is 0 Å². The molecule has 172 valence electrons. The van der Waals surface area contributed by atoms with Crippen molar-refractivity contribution in [1.82, 2.24) is 15.1 Å². The topological polar surface area (TPSA) is 66.4 Å². The number of hydrogen-bond donors (Lipinski definition) is 1. The van der Waals surface area contributed by atoms with Crippen LogP contribution in [0.15, 0.2) is 53.5 Å². The van der Waals surface area contributed by atoms with Gasteiger partial charge < -0.3 is 24.6 Å². The lowest BCUT2D eigenvalue weighted by Crippen LogP contribution is -2.40. The predicted molar refractivity (Wildman–Crippen MR) is 127 cm³/mol. The first-order chi connectivity index (χ1) is 15.6. The zero-order chi connectivity index (χ0) is 22.8. The third kappa shape index (κ3) is 6.90. The number of hydrogen-bond acceptors (Lipinski definition) is 4. The zero-order valence-electron chi connectivity index (χ0n) is 19.3. The van der Waals surface area contributed by atoms with E-state index in [1.165, 1.54) is 0 Å². The van der Waals surface area contributed by atoms with E-state index in [1.807, 2.05) is 42.3 Å². The van der Waals surface area contributed by atoms with Gasteiger partial charge in [0.05, 0.1) is 20.2 Å². The molecule has 1 fully saturated rings. The Kier molecular flexibility index (Phi) is 8.78. The number of rotatable bonds is 10. The Balaban J connectivity index is 1.53. The molecule has 2 aromatic carbocycles. The highest BCUT2D eigenvalue weighted by molar-refractivity contribution is 5.79. The van der Waals surface area contributed by atoms with E-state index in [0.717, 1.165) is 48.1 Å². The van der Waals surface area contributed by atoms with Crippen molar-refractivity contribution in [2.75, 3.05) is 40.4 Å². The summed E-state index contributed by atoms with van der Waals surface area (Å²) in [5.74, 6) is 2.72. The molecule has 0 atom stereocenters. The summed E-state index contributed by atoms with van der Waals surface area (Å²) in [6.45, 7) is 6.22. The number of aliphatic imine (C=N–C) groups is 1. The van der Waals surface area contributed by atoms with Crippen LogP contribution in [0.5, 0.6) is 11.5 Å². The molecule has 7 heteroatoms. The Morgan fingerprint density at radius 1 is 1.16 bits per heavy atom. The number of methoxy groups -OCH3 is 1. The summed E-state index contributed by atoms with van der Waals surface area (Å²) in [4.78, 5) is 20.7. The van der Waals surface area contributed by atoms with E-state index in [4.69, 9.17) is 14.5 Å². The summed E-state index contributed by atoms with van der Waals surface area (Å²) >= 11 is 0. The second-order valence-electron chi connectivity index (χ2n) is 7.85. The standard InChI is InChI=1S/C25H34N4O3/c1-4-26-25(28(2)15-16-32-23-12-10-22(31-3)11-13-23)27-18-20-7-5-8-21(17-20)19-29-14-6-9-24(29)30/h5,7-8,10-13,17H,4,6,9,14-16,18-19H2,1-3H3,(H,26,27). The minimum absolute atomic E-state index is 0.251. The number of carbonyl (C=O) groups excluding carboxylic acids is 1. The highest BCUT2D eigenvalue weighted by atomic mass is 16.5. The van der Waals surface area contributed by atoms with Crippen LogP contribution in [0.2, 0.25) is 0 Å². The summed E-state index contributed by atoms with van der Waals surface area (Å²) in [6.07, 6.45) is 1.63. The van der Waals surface area contributed by atoms with Crippen LogP contribution in [0.1, 0.15) is 30.9 Å². The van der Waals surface area contributed by atoms with Crippen LogP contribution in [-0.2, 0) is 17.9 Å². The second-order valence-corrected chi connectivity index (χ2v) is 7.85. The molecule has 1 aliphatic heterocycles. The summed E-state index contributed by atoms with van der Waals surface area (Å²) in [6, 6.07) is 15.9. The van der Waals surface area contributed by atoms with Gasteiger partial charge in [-0.15, -0.1) is 0 Å². The first-order valence-corrected chi connectivity index (χ1v) is 11.2. The Morgan fingerprint density at radius 3 is 2.59 bits per heavy atom. The van der Waals surface area contributed by atoms with Crippen LogP contribution >= 0.6 is 0 Å². The maximum atomic E-state index is 11.9. The number of amides is 1. The van der Waals surface area contributed by atoms with E-state index in [2.05, 4.69) is 35.3 Å². The predicted octanol–water partition coefficient (Wildman–Crippen LogP) is 3.29. The average Bonchev–Trinajstić information content (AvgIpc) is 3.21. The van der Waals surface area contributed by atoms with Crippen molar-refractivity contribution in [2.24, 2.45) is 4.99 Å². The average molecular weight is 439 g/mol. The minimum Gasteiger partial charge on any atom is -0.497 e. The van der Waals surface area contributed by atoms with Crippen LogP contribution in [-0.4, -0.2) is 62.1 Å². The molecular formula is C25H34N4O3. The minimum atomic E-state index is 0.251. The highest BCUT2D eigenvalue weighted by Crippen LogP contribution is 2.17. The van der Waals surface area contributed by atoms with Gasteiger partial charge in [0, 0.05) is 33.1 Å². The van der Waals surface area contributed by atoms with Crippen molar-refractivity contribution in [1.29, 1.82) is 0 Å². The Labute approximate surface area is 191 Å². The lowest BCUT2D eigenvalue weighted by molar-refractivity contribution is -0.128. The number of ether oxygens (including phenoxy) is 2. The van der Waals surface area contributed by atoms with Crippen molar-refractivity contribution < 1.29 is 14.3 Å². The van der Waals surface area contributed by atoms with Gasteiger partial charge in [-0.05, 0) is 48.7 Å². The fraction of sp³-hybridized carbons (Fsp3) is 0.440. The van der Waals surface area contributed by atoms with E-state index in [1.54, 1.807) is 7.11 Å². The Hall–Kier alpha value is -3.22. The normalized spacial score (nSPS) is 13.9. The number of guanidine groups is 1. The molecule has 3 rings (SSSR count). The summed E-state index contributed by atoms with van der Waals surface area (Å²) < 4.78 is 11.0. The van der Waals surface area contributed by atoms with E-state index in [-0.39, 0.29) is 5.91 Å². The number of likely N-dealkylation sites (tertiary alicyclic amines) is 1. The molecule has 1 saturated heterocycles. The Morgan fingerprint density at radius 2 is 1.91 bits per heavy atom. The Bertz CT molecular complexity index is 898. The summed E-state index contributed by atoms with van der Waals surface area (Å²) in [5.41, 5.74) is 2.28. The molecule has 1 heterocycles. The molecular weight excluding hydrogens is 404 g/mol. The molecule has 0 aliphatic carbocycles. The van der Waals surface area contributed by atoms with E-state index in [9.17, 15) is 4.79 Å². The van der Waals surface area contributed by atoms with Crippen molar-refractivity contribution >= 4 is 11.9 Å². The number of likely N-dealkylation sites (N-methyl/N-ethyl adjacent to an activating group) is 1. The van der Waals surface area contributed by atoms with Gasteiger partial charge in [-0.1, -0.05) is 24.3 Å². The molecule has 0 radical (unpaired) electrons. The molecule has 1 N–H and O–H groups in total. The SMILES string of the molecule is CCNC(=NCc1cccc(CN2CCCC2=O)c1)N(C)CCOc1ccc(OC)cc1. The molecule has 0 saturated carbocycles. The molecule has 32 heavy (non-hydrogen) atoms. The monoisotopic (exact) mass is 438 g/mol. The lowest BCUT2D eigenvalue weighted by Gasteiger charge is -2.22. The number of nitrogens with one attached hydrogen (secondary N) is 1. The molecule has 7 nitrogen and oxygen atoms in total. The maximum Gasteiger partial charge on any atom is 0.222 e. The maximum absolute atomic E-state index is 11.9. The lowest BCUT2D eigenvalue weighted by atomic mass is 10.1. The second kappa shape index (κ2) is 12.0. The highest BCUT2D eigenvalue weighted by Gasteiger charge is 2.19. The summed E-state index contributed by atoms with van der Waals surface area (Å²) in [5, 5.41) is 3.35. The number of carbonyl (C=O) groups is 1. The van der Waals surface area contributed by atoms with Crippen molar-refractivity contribution in [3.63, 3.8) is 0 Å². The molecule has 0 bridgehead atoms. The van der Waals surface area contributed by atoms with Gasteiger partial charge in [0.15, 0.2) is 5.96 Å².